The van der Waals surface area contributed by atoms with Crippen LogP contribution in [0.2, 0.25) is 5.02 Å². The maximum atomic E-state index is 13.3. The van der Waals surface area contributed by atoms with Crippen LogP contribution in [0.1, 0.15) is 46.6 Å². The van der Waals surface area contributed by atoms with Crippen LogP contribution in [-0.2, 0) is 9.59 Å². The van der Waals surface area contributed by atoms with E-state index in [1.807, 2.05) is 0 Å². The Morgan fingerprint density at radius 3 is 2.29 bits per heavy atom. The molecule has 1 amide bonds. The second kappa shape index (κ2) is 15.2. The topological polar surface area (TPSA) is 184 Å². The number of anilines is 1. The predicted molar refractivity (Wildman–Crippen MR) is 151 cm³/mol. The third kappa shape index (κ3) is 9.07. The first-order chi connectivity index (χ1) is 19.6. The Labute approximate surface area is 242 Å². The normalized spacial score (nSPS) is 17.3. The molecule has 12 nitrogen and oxygen atoms in total. The molecule has 2 saturated heterocycles. The Kier molecular flexibility index (Phi) is 11.7. The fourth-order valence-electron chi connectivity index (χ4n) is 5.05. The highest BCUT2D eigenvalue weighted by atomic mass is 35.5. The zero-order chi connectivity index (χ0) is 29.9. The van der Waals surface area contributed by atoms with Crippen molar-refractivity contribution in [3.8, 4) is 5.75 Å². The summed E-state index contributed by atoms with van der Waals surface area (Å²) in [4.78, 5) is 47.6. The number of Topliss-reactive ketones (excluding diaryl/α,β-unsaturated/α-hetero) is 1. The molecule has 0 saturated carbocycles. The molecule has 6 N–H and O–H groups in total. The number of carboxylic acids is 2. The molecule has 2 fully saturated rings. The van der Waals surface area contributed by atoms with E-state index in [9.17, 15) is 19.2 Å². The number of likely N-dealkylation sites (tertiary alicyclic amines) is 1. The number of aliphatic carboxylic acids is 2. The molecule has 4 rings (SSSR count). The lowest BCUT2D eigenvalue weighted by atomic mass is 9.84. The highest BCUT2D eigenvalue weighted by molar-refractivity contribution is 6.33. The lowest BCUT2D eigenvalue weighted by molar-refractivity contribution is -0.134. The third-order valence-electron chi connectivity index (χ3n) is 7.05. The number of carbonyl (C=O) groups excluding carboxylic acids is 2. The van der Waals surface area contributed by atoms with Crippen molar-refractivity contribution in [2.24, 2.45) is 5.92 Å². The second-order valence-corrected chi connectivity index (χ2v) is 10.1. The van der Waals surface area contributed by atoms with E-state index in [1.165, 1.54) is 13.2 Å². The summed E-state index contributed by atoms with van der Waals surface area (Å²) in [5, 5.41) is 22.4. The Morgan fingerprint density at radius 1 is 1.12 bits per heavy atom. The largest absolute Gasteiger partial charge is 0.496 e. The molecule has 1 atom stereocenters. The molecule has 2 aromatic rings. The molecule has 13 heteroatoms. The summed E-state index contributed by atoms with van der Waals surface area (Å²) in [5.74, 6) is -1.61. The van der Waals surface area contributed by atoms with Crippen LogP contribution >= 0.6 is 11.6 Å². The second-order valence-electron chi connectivity index (χ2n) is 9.74. The molecule has 0 bridgehead atoms. The van der Waals surface area contributed by atoms with Gasteiger partial charge >= 0.3 is 11.9 Å². The lowest BCUT2D eigenvalue weighted by Crippen LogP contribution is -2.54. The minimum atomic E-state index is -1.26. The first-order valence-electron chi connectivity index (χ1n) is 13.2. The van der Waals surface area contributed by atoms with Crippen LogP contribution in [0.3, 0.4) is 0 Å². The van der Waals surface area contributed by atoms with Crippen molar-refractivity contribution in [3.63, 3.8) is 0 Å². The van der Waals surface area contributed by atoms with Gasteiger partial charge in [0.15, 0.2) is 5.76 Å². The molecule has 0 spiro atoms. The highest BCUT2D eigenvalue weighted by Crippen LogP contribution is 2.30. The molecule has 2 aliphatic heterocycles. The predicted octanol–water partition coefficient (Wildman–Crippen LogP) is 2.68. The summed E-state index contributed by atoms with van der Waals surface area (Å²) in [5.41, 5.74) is 6.55. The van der Waals surface area contributed by atoms with E-state index in [4.69, 9.17) is 36.7 Å². The van der Waals surface area contributed by atoms with Gasteiger partial charge in [-0.2, -0.15) is 0 Å². The van der Waals surface area contributed by atoms with Gasteiger partial charge in [0.2, 0.25) is 5.78 Å². The minimum absolute atomic E-state index is 0.00201. The number of hydrogen-bond donors (Lipinski definition) is 5. The van der Waals surface area contributed by atoms with Crippen LogP contribution < -0.4 is 21.1 Å². The Hall–Kier alpha value is -3.87. The quantitative estimate of drug-likeness (QED) is 0.164. The van der Waals surface area contributed by atoms with Crippen molar-refractivity contribution in [1.29, 1.82) is 0 Å². The summed E-state index contributed by atoms with van der Waals surface area (Å²) in [6, 6.07) is 6.40. The molecule has 222 valence electrons. The zero-order valence-electron chi connectivity index (χ0n) is 22.7. The summed E-state index contributed by atoms with van der Waals surface area (Å²) < 4.78 is 10.7. The number of halogens is 1. The van der Waals surface area contributed by atoms with Crippen molar-refractivity contribution in [2.45, 2.75) is 37.8 Å². The van der Waals surface area contributed by atoms with Crippen LogP contribution in [0.5, 0.6) is 5.75 Å². The number of furan rings is 1. The van der Waals surface area contributed by atoms with Gasteiger partial charge in [-0.25, -0.2) is 9.59 Å². The maximum Gasteiger partial charge on any atom is 0.328 e. The molecule has 41 heavy (non-hydrogen) atoms. The molecule has 1 aromatic heterocycles. The number of ether oxygens (including phenoxy) is 1. The van der Waals surface area contributed by atoms with Gasteiger partial charge in [-0.15, -0.1) is 0 Å². The number of piperidine rings is 2. The summed E-state index contributed by atoms with van der Waals surface area (Å²) in [7, 11) is 1.49. The first-order valence-corrected chi connectivity index (χ1v) is 13.6. The van der Waals surface area contributed by atoms with Crippen molar-refractivity contribution in [1.82, 2.24) is 15.5 Å². The van der Waals surface area contributed by atoms with Gasteiger partial charge in [0.05, 0.1) is 35.7 Å². The first kappa shape index (κ1) is 31.7. The van der Waals surface area contributed by atoms with E-state index < -0.39 is 11.9 Å². The fourth-order valence-corrected chi connectivity index (χ4v) is 5.21. The Bertz CT molecular complexity index is 1220. The fraction of sp³-hybridized carbons (Fsp3) is 0.429. The molecular formula is C28H35ClN4O8. The highest BCUT2D eigenvalue weighted by Gasteiger charge is 2.38. The average Bonchev–Trinajstić information content (AvgIpc) is 3.50. The number of carboxylic acid groups (broad SMARTS) is 2. The molecule has 0 radical (unpaired) electrons. The number of amides is 1. The number of nitrogens with one attached hydrogen (secondary N) is 2. The van der Waals surface area contributed by atoms with Gasteiger partial charge in [0, 0.05) is 37.3 Å². The number of ketones is 1. The van der Waals surface area contributed by atoms with E-state index in [0.717, 1.165) is 51.9 Å². The lowest BCUT2D eigenvalue weighted by Gasteiger charge is -2.41. The summed E-state index contributed by atoms with van der Waals surface area (Å²) >= 11 is 6.12. The van der Waals surface area contributed by atoms with Crippen LogP contribution in [0, 0.1) is 5.92 Å². The molecule has 2 aliphatic rings. The van der Waals surface area contributed by atoms with Gasteiger partial charge in [0.25, 0.3) is 5.91 Å². The average molecular weight is 591 g/mol. The number of hydrogen-bond acceptors (Lipinski definition) is 9. The number of nitrogens with two attached hydrogens (primary N) is 1. The van der Waals surface area contributed by atoms with Gasteiger partial charge in [0.1, 0.15) is 5.75 Å². The standard InChI is InChI=1S/C24H31ClN4O4.C4H4O4/c1-32-21-14-19(26)18(25)13-17(21)24(31)28-16-6-10-29(11-7-16)22(15-4-8-27-9-5-15)23(30)20-3-2-12-33-20;5-3(6)1-2-4(7)8/h2-3,12-16,22,27H,4-11,26H2,1H3,(H,28,31);1-2H,(H,5,6)(H,7,8). The molecular weight excluding hydrogens is 556 g/mol. The Balaban J connectivity index is 0.000000507. The van der Waals surface area contributed by atoms with Gasteiger partial charge < -0.3 is 35.7 Å². The van der Waals surface area contributed by atoms with Gasteiger partial charge in [-0.3, -0.25) is 14.5 Å². The van der Waals surface area contributed by atoms with Crippen LogP contribution in [0.4, 0.5) is 5.69 Å². The number of benzene rings is 1. The van der Waals surface area contributed by atoms with E-state index in [2.05, 4.69) is 15.5 Å². The monoisotopic (exact) mass is 590 g/mol. The number of methoxy groups -OCH3 is 1. The minimum Gasteiger partial charge on any atom is -0.496 e. The van der Waals surface area contributed by atoms with Crippen molar-refractivity contribution < 1.29 is 38.5 Å². The van der Waals surface area contributed by atoms with Crippen molar-refractivity contribution >= 4 is 40.9 Å². The molecule has 0 aliphatic carbocycles. The van der Waals surface area contributed by atoms with Gasteiger partial charge in [-0.1, -0.05) is 11.6 Å². The number of carbonyl (C=O) groups is 4. The summed E-state index contributed by atoms with van der Waals surface area (Å²) in [6.45, 7) is 3.30. The SMILES string of the molecule is COc1cc(N)c(Cl)cc1C(=O)NC1CCN(C(C(=O)c2ccco2)C2CCNCC2)CC1.O=C(O)C=CC(=O)O. The van der Waals surface area contributed by atoms with Crippen molar-refractivity contribution in [3.05, 3.63) is 59.0 Å². The number of nitrogens with zero attached hydrogens (tertiary/aromatic N) is 1. The number of rotatable bonds is 9. The van der Waals surface area contributed by atoms with E-state index in [1.54, 1.807) is 24.5 Å². The zero-order valence-corrected chi connectivity index (χ0v) is 23.4. The summed E-state index contributed by atoms with van der Waals surface area (Å²) in [6.07, 6.45) is 6.10. The molecule has 1 unspecified atom stereocenters. The van der Waals surface area contributed by atoms with E-state index >= 15 is 0 Å². The van der Waals surface area contributed by atoms with E-state index in [0.29, 0.717) is 39.9 Å². The Morgan fingerprint density at radius 2 is 1.76 bits per heavy atom. The van der Waals surface area contributed by atoms with Crippen LogP contribution in [0.25, 0.3) is 0 Å². The smallest absolute Gasteiger partial charge is 0.328 e. The van der Waals surface area contributed by atoms with Crippen molar-refractivity contribution in [2.75, 3.05) is 39.0 Å². The van der Waals surface area contributed by atoms with Crippen LogP contribution in [0.15, 0.2) is 47.1 Å². The molecule has 1 aromatic carbocycles. The van der Waals surface area contributed by atoms with E-state index in [-0.39, 0.29) is 29.7 Å². The van der Waals surface area contributed by atoms with Crippen LogP contribution in [-0.4, -0.2) is 84.1 Å². The molecule has 3 heterocycles. The maximum absolute atomic E-state index is 13.3. The van der Waals surface area contributed by atoms with Gasteiger partial charge in [-0.05, 0) is 62.9 Å². The number of nitrogen functional groups attached to an aromatic ring is 1. The third-order valence-corrected chi connectivity index (χ3v) is 7.38.